The number of piperazine rings is 1. The van der Waals surface area contributed by atoms with Crippen molar-refractivity contribution in [2.45, 2.75) is 44.9 Å². The van der Waals surface area contributed by atoms with Gasteiger partial charge in [0.25, 0.3) is 11.7 Å². The molecule has 7 rings (SSSR count). The highest BCUT2D eigenvalue weighted by atomic mass is 35.5. The maximum Gasteiger partial charge on any atom is 0.259 e. The van der Waals surface area contributed by atoms with Crippen LogP contribution in [0.5, 0.6) is 0 Å². The van der Waals surface area contributed by atoms with Gasteiger partial charge in [0.05, 0.1) is 15.7 Å². The second-order valence-electron chi connectivity index (χ2n) is 11.2. The Morgan fingerprint density at radius 1 is 0.930 bits per heavy atom. The lowest BCUT2D eigenvalue weighted by atomic mass is 9.84. The van der Waals surface area contributed by atoms with E-state index in [1.807, 2.05) is 10.6 Å². The van der Waals surface area contributed by atoms with Gasteiger partial charge in [-0.05, 0) is 49.4 Å². The van der Waals surface area contributed by atoms with E-state index in [1.54, 1.807) is 36.2 Å². The van der Waals surface area contributed by atoms with Crippen molar-refractivity contribution in [3.63, 3.8) is 0 Å². The Bertz CT molecular complexity index is 1770. The van der Waals surface area contributed by atoms with Crippen LogP contribution in [-0.4, -0.2) is 61.7 Å². The third-order valence-corrected chi connectivity index (χ3v) is 9.27. The number of amides is 1. The molecule has 0 unspecified atom stereocenters. The zero-order valence-corrected chi connectivity index (χ0v) is 25.4. The van der Waals surface area contributed by atoms with Crippen LogP contribution in [0, 0.1) is 6.92 Å². The van der Waals surface area contributed by atoms with Gasteiger partial charge < -0.3 is 14.3 Å². The number of carbonyl (C=O) groups is 1. The second-order valence-corrected chi connectivity index (χ2v) is 12.1. The number of anilines is 1. The molecule has 1 saturated heterocycles. The van der Waals surface area contributed by atoms with E-state index in [1.165, 1.54) is 37.7 Å². The molecule has 0 N–H and O–H groups in total. The van der Waals surface area contributed by atoms with Gasteiger partial charge in [-0.2, -0.15) is 9.50 Å². The number of aryl methyl sites for hydroxylation is 1. The van der Waals surface area contributed by atoms with Crippen LogP contribution in [0.3, 0.4) is 0 Å². The highest BCUT2D eigenvalue weighted by Crippen LogP contribution is 2.37. The Labute approximate surface area is 259 Å². The molecular weight excluding hydrogens is 585 g/mol. The Kier molecular flexibility index (Phi) is 7.53. The predicted octanol–water partition coefficient (Wildman–Crippen LogP) is 7.07. The summed E-state index contributed by atoms with van der Waals surface area (Å²) in [6, 6.07) is 16.0. The number of hydrogen-bond acceptors (Lipinski definition) is 7. The summed E-state index contributed by atoms with van der Waals surface area (Å²) >= 11 is 12.9. The fourth-order valence-electron chi connectivity index (χ4n) is 6.28. The molecule has 1 saturated carbocycles. The molecule has 2 aromatic carbocycles. The van der Waals surface area contributed by atoms with Crippen molar-refractivity contribution < 1.29 is 9.32 Å². The standard InChI is InChI=1S/C32H31Cl2N7O2/c1-20-27(29(38-43-20)28-24(33)8-5-9-25(28)34)30(42)39-16-18-40(19-17-39)32-36-31-35-15-14-26(41(31)37-32)23-12-10-22(11-13-23)21-6-3-2-4-7-21/h5,8-15,21H,2-4,6-7,16-19H2,1H3. The van der Waals surface area contributed by atoms with E-state index < -0.39 is 0 Å². The molecule has 1 aliphatic heterocycles. The van der Waals surface area contributed by atoms with Gasteiger partial charge in [0, 0.05) is 43.5 Å². The molecule has 1 aliphatic carbocycles. The summed E-state index contributed by atoms with van der Waals surface area (Å²) in [4.78, 5) is 26.8. The van der Waals surface area contributed by atoms with Crippen molar-refractivity contribution in [2.24, 2.45) is 0 Å². The molecule has 2 aliphatic rings. The molecule has 0 atom stereocenters. The first-order valence-corrected chi connectivity index (χ1v) is 15.5. The van der Waals surface area contributed by atoms with Gasteiger partial charge in [0.1, 0.15) is 17.0 Å². The molecule has 11 heteroatoms. The maximum absolute atomic E-state index is 13.7. The maximum atomic E-state index is 13.7. The van der Waals surface area contributed by atoms with Gasteiger partial charge in [-0.1, -0.05) is 78.0 Å². The number of hydrogen-bond donors (Lipinski definition) is 0. The van der Waals surface area contributed by atoms with Crippen LogP contribution >= 0.6 is 23.2 Å². The van der Waals surface area contributed by atoms with Crippen molar-refractivity contribution in [2.75, 3.05) is 31.1 Å². The average Bonchev–Trinajstić information content (AvgIpc) is 3.65. The molecule has 220 valence electrons. The Balaban J connectivity index is 1.08. The lowest BCUT2D eigenvalue weighted by Crippen LogP contribution is -2.49. The second kappa shape index (κ2) is 11.6. The molecule has 4 heterocycles. The van der Waals surface area contributed by atoms with Crippen molar-refractivity contribution in [1.29, 1.82) is 0 Å². The van der Waals surface area contributed by atoms with E-state index in [0.717, 1.165) is 11.3 Å². The number of benzene rings is 2. The molecule has 0 spiro atoms. The molecule has 5 aromatic rings. The number of rotatable bonds is 5. The van der Waals surface area contributed by atoms with Gasteiger partial charge in [0.15, 0.2) is 0 Å². The Hall–Kier alpha value is -3.95. The summed E-state index contributed by atoms with van der Waals surface area (Å²) in [5, 5.41) is 9.80. The minimum atomic E-state index is -0.173. The minimum Gasteiger partial charge on any atom is -0.360 e. The van der Waals surface area contributed by atoms with Gasteiger partial charge in [-0.3, -0.25) is 4.79 Å². The topological polar surface area (TPSA) is 92.7 Å². The van der Waals surface area contributed by atoms with Crippen LogP contribution in [0.2, 0.25) is 10.0 Å². The van der Waals surface area contributed by atoms with E-state index in [-0.39, 0.29) is 5.91 Å². The molecule has 9 nitrogen and oxygen atoms in total. The van der Waals surface area contributed by atoms with Gasteiger partial charge >= 0.3 is 0 Å². The van der Waals surface area contributed by atoms with Crippen LogP contribution in [-0.2, 0) is 0 Å². The van der Waals surface area contributed by atoms with Gasteiger partial charge in [-0.25, -0.2) is 4.98 Å². The summed E-state index contributed by atoms with van der Waals surface area (Å²) in [6.07, 6.45) is 8.32. The zero-order valence-electron chi connectivity index (χ0n) is 23.8. The van der Waals surface area contributed by atoms with Crippen molar-refractivity contribution in [1.82, 2.24) is 29.6 Å². The number of fused-ring (bicyclic) bond motifs is 1. The molecule has 3 aromatic heterocycles. The van der Waals surface area contributed by atoms with Gasteiger partial charge in [0.2, 0.25) is 5.95 Å². The average molecular weight is 617 g/mol. The molecular formula is C32H31Cl2N7O2. The normalized spacial score (nSPS) is 16.3. The Morgan fingerprint density at radius 2 is 1.65 bits per heavy atom. The molecule has 1 amide bonds. The van der Waals surface area contributed by atoms with Crippen molar-refractivity contribution in [3.8, 4) is 22.5 Å². The lowest BCUT2D eigenvalue weighted by Gasteiger charge is -2.34. The summed E-state index contributed by atoms with van der Waals surface area (Å²) in [5.41, 5.74) is 4.67. The van der Waals surface area contributed by atoms with Crippen LogP contribution in [0.15, 0.2) is 59.3 Å². The fourth-order valence-corrected chi connectivity index (χ4v) is 6.86. The monoisotopic (exact) mass is 615 g/mol. The van der Waals surface area contributed by atoms with E-state index >= 15 is 0 Å². The first-order valence-electron chi connectivity index (χ1n) is 14.7. The number of halogens is 2. The SMILES string of the molecule is Cc1onc(-c2c(Cl)cccc2Cl)c1C(=O)N1CCN(c2nc3nccc(-c4ccc(C5CCCCC5)cc4)n3n2)CC1. The Morgan fingerprint density at radius 3 is 2.37 bits per heavy atom. The summed E-state index contributed by atoms with van der Waals surface area (Å²) in [5.74, 6) is 2.05. The molecule has 0 radical (unpaired) electrons. The number of aromatic nitrogens is 5. The first-order chi connectivity index (χ1) is 21.0. The smallest absolute Gasteiger partial charge is 0.259 e. The molecule has 43 heavy (non-hydrogen) atoms. The summed E-state index contributed by atoms with van der Waals surface area (Å²) in [6.45, 7) is 3.83. The summed E-state index contributed by atoms with van der Waals surface area (Å²) < 4.78 is 7.23. The third kappa shape index (κ3) is 5.25. The molecule has 2 fully saturated rings. The van der Waals surface area contributed by atoms with E-state index in [2.05, 4.69) is 39.3 Å². The first kappa shape index (κ1) is 27.9. The largest absolute Gasteiger partial charge is 0.360 e. The fraction of sp³-hybridized carbons (Fsp3) is 0.344. The lowest BCUT2D eigenvalue weighted by molar-refractivity contribution is 0.0745. The van der Waals surface area contributed by atoms with Crippen molar-refractivity contribution in [3.05, 3.63) is 81.7 Å². The van der Waals surface area contributed by atoms with Crippen LogP contribution in [0.25, 0.3) is 28.3 Å². The van der Waals surface area contributed by atoms with Gasteiger partial charge in [-0.15, -0.1) is 5.10 Å². The summed E-state index contributed by atoms with van der Waals surface area (Å²) in [7, 11) is 0. The quantitative estimate of drug-likeness (QED) is 0.209. The molecule has 0 bridgehead atoms. The van der Waals surface area contributed by atoms with E-state index in [4.69, 9.17) is 37.8 Å². The van der Waals surface area contributed by atoms with Crippen LogP contribution < -0.4 is 4.90 Å². The number of nitrogens with zero attached hydrogens (tertiary/aromatic N) is 7. The van der Waals surface area contributed by atoms with Crippen LogP contribution in [0.1, 0.15) is 59.7 Å². The third-order valence-electron chi connectivity index (χ3n) is 8.64. The zero-order chi connectivity index (χ0) is 29.5. The van der Waals surface area contributed by atoms with E-state index in [0.29, 0.717) is 76.4 Å². The van der Waals surface area contributed by atoms with Crippen LogP contribution in [0.4, 0.5) is 5.95 Å². The number of carbonyl (C=O) groups excluding carboxylic acids is 1. The van der Waals surface area contributed by atoms with E-state index in [9.17, 15) is 4.79 Å². The minimum absolute atomic E-state index is 0.173. The highest BCUT2D eigenvalue weighted by Gasteiger charge is 2.31. The predicted molar refractivity (Wildman–Crippen MR) is 167 cm³/mol. The van der Waals surface area contributed by atoms with Crippen molar-refractivity contribution >= 4 is 40.8 Å². The highest BCUT2D eigenvalue weighted by molar-refractivity contribution is 6.39.